The molecule has 46 heavy (non-hydrogen) atoms. The van der Waals surface area contributed by atoms with E-state index in [-0.39, 0.29) is 60.2 Å². The number of H-pyrrole nitrogens is 1. The summed E-state index contributed by atoms with van der Waals surface area (Å²) in [7, 11) is -0.684. The van der Waals surface area contributed by atoms with E-state index in [9.17, 15) is 36.7 Å². The highest BCUT2D eigenvalue weighted by atomic mass is 32.2. The number of carboxylic acid groups (broad SMARTS) is 1. The van der Waals surface area contributed by atoms with Gasteiger partial charge in [0.15, 0.2) is 5.82 Å². The second-order valence-electron chi connectivity index (χ2n) is 10.6. The number of fused-ring (bicyclic) bond motifs is 1. The Morgan fingerprint density at radius 2 is 1.85 bits per heavy atom. The van der Waals surface area contributed by atoms with Crippen LogP contribution >= 0.6 is 0 Å². The molecule has 0 fully saturated rings. The Bertz CT molecular complexity index is 1940. The molecular formula is C29H29F2N7O7S. The first-order valence-corrected chi connectivity index (χ1v) is 15.2. The minimum Gasteiger partial charge on any atom is -0.490 e. The molecule has 0 saturated carbocycles. The Kier molecular flexibility index (Phi) is 8.91. The zero-order valence-corrected chi connectivity index (χ0v) is 25.4. The SMILES string of the molecule is CN(C)CCOc1cc(C(N)=O)c(C(=O)Nc2n[nH]c3c2CN(S(=O)(=O)c2cc(F)cc(F)c2)CC3)cc1-n1cccc1C(=O)O. The number of primary amides is 1. The van der Waals surface area contributed by atoms with Crippen LogP contribution in [-0.2, 0) is 23.0 Å². The molecule has 0 spiro atoms. The summed E-state index contributed by atoms with van der Waals surface area (Å²) >= 11 is 0. The Balaban J connectivity index is 1.50. The maximum absolute atomic E-state index is 13.8. The second kappa shape index (κ2) is 12.7. The number of benzene rings is 2. The lowest BCUT2D eigenvalue weighted by atomic mass is 10.0. The number of aromatic nitrogens is 3. The van der Waals surface area contributed by atoms with Gasteiger partial charge in [-0.2, -0.15) is 9.40 Å². The highest BCUT2D eigenvalue weighted by Gasteiger charge is 2.33. The lowest BCUT2D eigenvalue weighted by Gasteiger charge is -2.26. The lowest BCUT2D eigenvalue weighted by molar-refractivity contribution is 0.0687. The molecule has 2 aromatic heterocycles. The molecule has 0 aliphatic carbocycles. The van der Waals surface area contributed by atoms with Gasteiger partial charge in [0, 0.05) is 49.6 Å². The maximum atomic E-state index is 13.8. The number of carboxylic acids is 1. The van der Waals surface area contributed by atoms with Gasteiger partial charge < -0.3 is 30.4 Å². The Hall–Kier alpha value is -5.13. The number of halogens is 2. The van der Waals surface area contributed by atoms with Crippen LogP contribution in [-0.4, -0.2) is 89.1 Å². The molecule has 17 heteroatoms. The molecular weight excluding hydrogens is 628 g/mol. The number of hydrogen-bond acceptors (Lipinski definition) is 8. The monoisotopic (exact) mass is 657 g/mol. The van der Waals surface area contributed by atoms with Gasteiger partial charge >= 0.3 is 5.97 Å². The number of nitrogens with zero attached hydrogens (tertiary/aromatic N) is 4. The number of ether oxygens (including phenoxy) is 1. The summed E-state index contributed by atoms with van der Waals surface area (Å²) in [6.45, 7) is 0.320. The number of anilines is 1. The van der Waals surface area contributed by atoms with Crippen molar-refractivity contribution in [2.45, 2.75) is 17.9 Å². The normalized spacial score (nSPS) is 13.4. The van der Waals surface area contributed by atoms with Crippen LogP contribution in [0.5, 0.6) is 5.75 Å². The molecule has 0 saturated heterocycles. The molecule has 0 radical (unpaired) electrons. The van der Waals surface area contributed by atoms with Gasteiger partial charge in [0.25, 0.3) is 5.91 Å². The molecule has 242 valence electrons. The molecule has 3 heterocycles. The third kappa shape index (κ3) is 6.46. The van der Waals surface area contributed by atoms with Crippen molar-refractivity contribution in [3.8, 4) is 11.4 Å². The van der Waals surface area contributed by atoms with Crippen molar-refractivity contribution < 1.29 is 41.4 Å². The van der Waals surface area contributed by atoms with E-state index in [2.05, 4.69) is 15.5 Å². The van der Waals surface area contributed by atoms with Crippen molar-refractivity contribution in [1.82, 2.24) is 24.0 Å². The number of amides is 2. The zero-order chi connectivity index (χ0) is 33.3. The Morgan fingerprint density at radius 3 is 2.50 bits per heavy atom. The van der Waals surface area contributed by atoms with Crippen molar-refractivity contribution in [2.24, 2.45) is 5.73 Å². The quantitative estimate of drug-likeness (QED) is 0.187. The summed E-state index contributed by atoms with van der Waals surface area (Å²) in [6, 6.07) is 7.34. The van der Waals surface area contributed by atoms with E-state index in [1.54, 1.807) is 0 Å². The van der Waals surface area contributed by atoms with Gasteiger partial charge in [-0.1, -0.05) is 0 Å². The number of sulfonamides is 1. The fourth-order valence-corrected chi connectivity index (χ4v) is 6.40. The molecule has 2 aromatic carbocycles. The molecule has 5 N–H and O–H groups in total. The predicted molar refractivity (Wildman–Crippen MR) is 159 cm³/mol. The van der Waals surface area contributed by atoms with Gasteiger partial charge in [0.05, 0.1) is 21.7 Å². The first-order chi connectivity index (χ1) is 21.8. The van der Waals surface area contributed by atoms with E-state index in [4.69, 9.17) is 10.5 Å². The fraction of sp³-hybridized carbons (Fsp3) is 0.241. The summed E-state index contributed by atoms with van der Waals surface area (Å²) in [5.74, 6) is -5.15. The van der Waals surface area contributed by atoms with E-state index in [0.29, 0.717) is 36.0 Å². The van der Waals surface area contributed by atoms with Crippen LogP contribution in [0.4, 0.5) is 14.6 Å². The molecule has 2 amide bonds. The topological polar surface area (TPSA) is 193 Å². The number of nitrogens with one attached hydrogen (secondary N) is 2. The van der Waals surface area contributed by atoms with Crippen LogP contribution in [0.2, 0.25) is 0 Å². The molecule has 0 unspecified atom stereocenters. The molecule has 1 aliphatic rings. The average molecular weight is 658 g/mol. The van der Waals surface area contributed by atoms with Gasteiger partial charge in [0.2, 0.25) is 15.9 Å². The van der Waals surface area contributed by atoms with E-state index in [1.165, 1.54) is 35.0 Å². The minimum atomic E-state index is -4.33. The number of carbonyl (C=O) groups excluding carboxylic acids is 2. The predicted octanol–water partition coefficient (Wildman–Crippen LogP) is 2.22. The zero-order valence-electron chi connectivity index (χ0n) is 24.6. The number of hydrogen-bond donors (Lipinski definition) is 4. The van der Waals surface area contributed by atoms with Crippen LogP contribution in [0.3, 0.4) is 0 Å². The van der Waals surface area contributed by atoms with Gasteiger partial charge in [-0.25, -0.2) is 22.0 Å². The summed E-state index contributed by atoms with van der Waals surface area (Å²) < 4.78 is 62.3. The smallest absolute Gasteiger partial charge is 0.352 e. The molecule has 1 aliphatic heterocycles. The van der Waals surface area contributed by atoms with Gasteiger partial charge in [-0.15, -0.1) is 0 Å². The van der Waals surface area contributed by atoms with E-state index in [0.717, 1.165) is 4.31 Å². The van der Waals surface area contributed by atoms with Crippen molar-refractivity contribution in [1.29, 1.82) is 0 Å². The summed E-state index contributed by atoms with van der Waals surface area (Å²) in [4.78, 5) is 39.4. The lowest BCUT2D eigenvalue weighted by Crippen LogP contribution is -2.36. The standard InChI is InChI=1S/C29H29F2N7O7S/c1-36(2)8-9-45-25-14-19(26(32)39)20(13-24(25)38-6-3-4-23(38)29(41)42)28(40)33-27-21-15-37(7-5-22(21)34-35-27)46(43,44)18-11-16(30)10-17(31)12-18/h3-4,6,10-14H,5,7-9,15H2,1-2H3,(H2,32,39)(H,41,42)(H2,33,34,35,40). The Labute approximate surface area is 261 Å². The third-order valence-electron chi connectivity index (χ3n) is 7.24. The fourth-order valence-electron chi connectivity index (χ4n) is 4.95. The van der Waals surface area contributed by atoms with Gasteiger partial charge in [-0.3, -0.25) is 14.7 Å². The van der Waals surface area contributed by atoms with Crippen LogP contribution in [0, 0.1) is 11.6 Å². The van der Waals surface area contributed by atoms with Crippen molar-refractivity contribution in [2.75, 3.05) is 39.1 Å². The number of nitrogens with two attached hydrogens (primary N) is 1. The second-order valence-corrected chi connectivity index (χ2v) is 12.6. The third-order valence-corrected chi connectivity index (χ3v) is 9.06. The van der Waals surface area contributed by atoms with E-state index < -0.39 is 44.3 Å². The first-order valence-electron chi connectivity index (χ1n) is 13.8. The highest BCUT2D eigenvalue weighted by Crippen LogP contribution is 2.32. The molecule has 5 rings (SSSR count). The molecule has 4 aromatic rings. The first kappa shape index (κ1) is 32.3. The van der Waals surface area contributed by atoms with E-state index in [1.807, 2.05) is 19.0 Å². The largest absolute Gasteiger partial charge is 0.490 e. The summed E-state index contributed by atoms with van der Waals surface area (Å²) in [5, 5.41) is 19.2. The minimum absolute atomic E-state index is 0.0315. The van der Waals surface area contributed by atoms with Crippen molar-refractivity contribution >= 4 is 33.6 Å². The molecule has 14 nitrogen and oxygen atoms in total. The average Bonchev–Trinajstić information content (AvgIpc) is 3.63. The molecule has 0 bridgehead atoms. The number of carbonyl (C=O) groups is 3. The maximum Gasteiger partial charge on any atom is 0.352 e. The van der Waals surface area contributed by atoms with Crippen molar-refractivity contribution in [3.63, 3.8) is 0 Å². The summed E-state index contributed by atoms with van der Waals surface area (Å²) in [5.41, 5.74) is 5.98. The summed E-state index contributed by atoms with van der Waals surface area (Å²) in [6.07, 6.45) is 1.60. The number of rotatable bonds is 11. The Morgan fingerprint density at radius 1 is 1.13 bits per heavy atom. The number of aromatic amines is 1. The number of likely N-dealkylation sites (N-methyl/N-ethyl adjacent to an activating group) is 1. The van der Waals surface area contributed by atoms with Crippen molar-refractivity contribution in [3.05, 3.63) is 88.4 Å². The van der Waals surface area contributed by atoms with Gasteiger partial charge in [-0.05, 0) is 50.5 Å². The van der Waals surface area contributed by atoms with Crippen LogP contribution in [0.1, 0.15) is 42.5 Å². The molecule has 0 atom stereocenters. The van der Waals surface area contributed by atoms with Crippen LogP contribution in [0.15, 0.2) is 53.6 Å². The van der Waals surface area contributed by atoms with Crippen LogP contribution < -0.4 is 15.8 Å². The van der Waals surface area contributed by atoms with E-state index >= 15 is 0 Å². The highest BCUT2D eigenvalue weighted by molar-refractivity contribution is 7.89. The van der Waals surface area contributed by atoms with Crippen LogP contribution in [0.25, 0.3) is 5.69 Å². The van der Waals surface area contributed by atoms with Gasteiger partial charge in [0.1, 0.15) is 29.7 Å². The number of aromatic carboxylic acids is 1.